The minimum absolute atomic E-state index is 0.276. The molecule has 1 heterocycles. The Kier molecular flexibility index (Phi) is 6.30. The quantitative estimate of drug-likeness (QED) is 0.809. The van der Waals surface area contributed by atoms with E-state index in [4.69, 9.17) is 0 Å². The first kappa shape index (κ1) is 17.6. The molecule has 1 rings (SSSR count). The summed E-state index contributed by atoms with van der Waals surface area (Å²) in [7, 11) is 1.78. The van der Waals surface area contributed by atoms with Gasteiger partial charge in [-0.25, -0.2) is 4.98 Å². The summed E-state index contributed by atoms with van der Waals surface area (Å²) in [6, 6.07) is 2.18. The van der Waals surface area contributed by atoms with Crippen molar-refractivity contribution >= 4 is 11.6 Å². The van der Waals surface area contributed by atoms with Gasteiger partial charge in [0.2, 0.25) is 0 Å². The van der Waals surface area contributed by atoms with Crippen molar-refractivity contribution in [2.24, 2.45) is 5.92 Å². The molecular formula is C15H24F3N3. The Bertz CT molecular complexity index is 446. The highest BCUT2D eigenvalue weighted by molar-refractivity contribution is 5.51. The molecule has 6 heteroatoms. The molecule has 21 heavy (non-hydrogen) atoms. The van der Waals surface area contributed by atoms with Crippen molar-refractivity contribution in [1.82, 2.24) is 4.98 Å². The zero-order chi connectivity index (χ0) is 16.0. The van der Waals surface area contributed by atoms with Crippen LogP contribution in [0.15, 0.2) is 12.1 Å². The number of nitrogens with zero attached hydrogens (tertiary/aromatic N) is 2. The molecule has 0 aliphatic carbocycles. The first-order valence-corrected chi connectivity index (χ1v) is 7.32. The first-order valence-electron chi connectivity index (χ1n) is 7.32. The molecule has 0 bridgehead atoms. The number of nitrogens with one attached hydrogen (secondary N) is 1. The van der Waals surface area contributed by atoms with Crippen molar-refractivity contribution < 1.29 is 13.2 Å². The van der Waals surface area contributed by atoms with Crippen LogP contribution in [-0.4, -0.2) is 25.1 Å². The fraction of sp³-hybridized carbons (Fsp3) is 0.667. The van der Waals surface area contributed by atoms with Crippen LogP contribution in [-0.2, 0) is 6.18 Å². The van der Waals surface area contributed by atoms with Crippen LogP contribution in [0.1, 0.15) is 39.2 Å². The molecule has 0 saturated heterocycles. The second-order valence-corrected chi connectivity index (χ2v) is 5.42. The van der Waals surface area contributed by atoms with Gasteiger partial charge in [-0.1, -0.05) is 27.2 Å². The Morgan fingerprint density at radius 2 is 1.95 bits per heavy atom. The molecule has 1 aromatic heterocycles. The number of halogens is 3. The van der Waals surface area contributed by atoms with Crippen molar-refractivity contribution in [1.29, 1.82) is 0 Å². The van der Waals surface area contributed by atoms with Crippen molar-refractivity contribution in [3.8, 4) is 0 Å². The lowest BCUT2D eigenvalue weighted by Gasteiger charge is -2.23. The lowest BCUT2D eigenvalue weighted by molar-refractivity contribution is -0.137. The first-order chi connectivity index (χ1) is 9.77. The summed E-state index contributed by atoms with van der Waals surface area (Å²) in [4.78, 5) is 6.06. The summed E-state index contributed by atoms with van der Waals surface area (Å²) in [5.41, 5.74) is -0.665. The molecule has 1 unspecified atom stereocenters. The number of pyridine rings is 1. The maximum Gasteiger partial charge on any atom is 0.416 e. The van der Waals surface area contributed by atoms with Gasteiger partial charge < -0.3 is 10.2 Å². The lowest BCUT2D eigenvalue weighted by atomic mass is 10.1. The number of rotatable bonds is 7. The number of hydrogen-bond acceptors (Lipinski definition) is 3. The van der Waals surface area contributed by atoms with Gasteiger partial charge in [0.15, 0.2) is 0 Å². The minimum Gasteiger partial charge on any atom is -0.370 e. The smallest absolute Gasteiger partial charge is 0.370 e. The Hall–Kier alpha value is -1.46. The lowest BCUT2D eigenvalue weighted by Crippen LogP contribution is -2.25. The van der Waals surface area contributed by atoms with Crippen LogP contribution < -0.4 is 10.2 Å². The summed E-state index contributed by atoms with van der Waals surface area (Å²) in [5.74, 6) is 1.03. The Labute approximate surface area is 124 Å². The highest BCUT2D eigenvalue weighted by atomic mass is 19.4. The maximum atomic E-state index is 13.0. The molecule has 0 spiro atoms. The average molecular weight is 303 g/mol. The largest absolute Gasteiger partial charge is 0.416 e. The predicted octanol–water partition coefficient (Wildman–Crippen LogP) is 4.40. The van der Waals surface area contributed by atoms with Crippen molar-refractivity contribution in [2.45, 2.75) is 39.8 Å². The summed E-state index contributed by atoms with van der Waals surface area (Å²) < 4.78 is 39.0. The van der Waals surface area contributed by atoms with Crippen LogP contribution in [0.25, 0.3) is 0 Å². The predicted molar refractivity (Wildman–Crippen MR) is 80.7 cm³/mol. The van der Waals surface area contributed by atoms with Gasteiger partial charge in [0.05, 0.1) is 5.56 Å². The zero-order valence-corrected chi connectivity index (χ0v) is 13.1. The normalized spacial score (nSPS) is 13.1. The number of anilines is 2. The van der Waals surface area contributed by atoms with E-state index >= 15 is 0 Å². The summed E-state index contributed by atoms with van der Waals surface area (Å²) >= 11 is 0. The molecule has 3 nitrogen and oxygen atoms in total. The van der Waals surface area contributed by atoms with Gasteiger partial charge in [-0.3, -0.25) is 0 Å². The maximum absolute atomic E-state index is 13.0. The molecule has 0 aliphatic rings. The van der Waals surface area contributed by atoms with Crippen molar-refractivity contribution in [3.63, 3.8) is 0 Å². The monoisotopic (exact) mass is 303 g/mol. The average Bonchev–Trinajstić information content (AvgIpc) is 2.43. The molecule has 0 aliphatic heterocycles. The molecule has 0 radical (unpaired) electrons. The molecule has 1 aromatic rings. The third kappa shape index (κ3) is 5.44. The fourth-order valence-corrected chi connectivity index (χ4v) is 1.91. The Morgan fingerprint density at radius 1 is 1.29 bits per heavy atom. The van der Waals surface area contributed by atoms with E-state index in [0.29, 0.717) is 24.8 Å². The van der Waals surface area contributed by atoms with E-state index in [0.717, 1.165) is 25.0 Å². The van der Waals surface area contributed by atoms with Gasteiger partial charge in [-0.2, -0.15) is 13.2 Å². The van der Waals surface area contributed by atoms with E-state index < -0.39 is 11.7 Å². The standard InChI is InChI=1S/C15H24F3N3/c1-5-7-19-13-8-12(15(16,17)18)9-14(20-13)21(4)10-11(3)6-2/h8-9,11H,5-7,10H2,1-4H3,(H,19,20). The second-order valence-electron chi connectivity index (χ2n) is 5.42. The molecule has 0 fully saturated rings. The number of alkyl halides is 3. The molecule has 0 saturated carbocycles. The van der Waals surface area contributed by atoms with Gasteiger partial charge in [0, 0.05) is 20.1 Å². The van der Waals surface area contributed by atoms with Crippen molar-refractivity contribution in [3.05, 3.63) is 17.7 Å². The number of aromatic nitrogens is 1. The summed E-state index contributed by atoms with van der Waals surface area (Å²) in [5, 5.41) is 2.93. The van der Waals surface area contributed by atoms with Gasteiger partial charge in [-0.05, 0) is 24.5 Å². The number of hydrogen-bond donors (Lipinski definition) is 1. The summed E-state index contributed by atoms with van der Waals surface area (Å²) in [6.07, 6.45) is -2.56. The molecule has 1 N–H and O–H groups in total. The Balaban J connectivity index is 3.06. The third-order valence-corrected chi connectivity index (χ3v) is 3.37. The molecule has 0 amide bonds. The van der Waals surface area contributed by atoms with Gasteiger partial charge in [-0.15, -0.1) is 0 Å². The van der Waals surface area contributed by atoms with E-state index in [1.54, 1.807) is 11.9 Å². The van der Waals surface area contributed by atoms with Crippen LogP contribution >= 0.6 is 0 Å². The van der Waals surface area contributed by atoms with Crippen LogP contribution in [0, 0.1) is 5.92 Å². The molecule has 120 valence electrons. The van der Waals surface area contributed by atoms with Crippen molar-refractivity contribution in [2.75, 3.05) is 30.4 Å². The van der Waals surface area contributed by atoms with Crippen LogP contribution in [0.5, 0.6) is 0 Å². The SMILES string of the molecule is CCCNc1cc(C(F)(F)F)cc(N(C)CC(C)CC)n1. The van der Waals surface area contributed by atoms with E-state index in [1.165, 1.54) is 0 Å². The van der Waals surface area contributed by atoms with Crippen LogP contribution in [0.2, 0.25) is 0 Å². The van der Waals surface area contributed by atoms with E-state index in [-0.39, 0.29) is 5.82 Å². The molecule has 0 aromatic carbocycles. The van der Waals surface area contributed by atoms with E-state index in [9.17, 15) is 13.2 Å². The molecule has 1 atom stereocenters. The highest BCUT2D eigenvalue weighted by Crippen LogP contribution is 2.32. The summed E-state index contributed by atoms with van der Waals surface area (Å²) in [6.45, 7) is 7.37. The second kappa shape index (κ2) is 7.52. The van der Waals surface area contributed by atoms with E-state index in [2.05, 4.69) is 24.1 Å². The van der Waals surface area contributed by atoms with Crippen LogP contribution in [0.4, 0.5) is 24.8 Å². The highest BCUT2D eigenvalue weighted by Gasteiger charge is 2.32. The topological polar surface area (TPSA) is 28.2 Å². The van der Waals surface area contributed by atoms with Gasteiger partial charge in [0.1, 0.15) is 11.6 Å². The Morgan fingerprint density at radius 3 is 2.48 bits per heavy atom. The minimum atomic E-state index is -4.36. The van der Waals surface area contributed by atoms with Gasteiger partial charge >= 0.3 is 6.18 Å². The van der Waals surface area contributed by atoms with Gasteiger partial charge in [0.25, 0.3) is 0 Å². The molecular weight excluding hydrogens is 279 g/mol. The fourth-order valence-electron chi connectivity index (χ4n) is 1.91. The van der Waals surface area contributed by atoms with Crippen LogP contribution in [0.3, 0.4) is 0 Å². The zero-order valence-electron chi connectivity index (χ0n) is 13.1. The third-order valence-electron chi connectivity index (χ3n) is 3.37. The van der Waals surface area contributed by atoms with E-state index in [1.807, 2.05) is 6.92 Å².